The molecule has 148 valence electrons. The van der Waals surface area contributed by atoms with E-state index in [1.54, 1.807) is 18.3 Å². The number of piperidine rings is 1. The first-order chi connectivity index (χ1) is 13.6. The summed E-state index contributed by atoms with van der Waals surface area (Å²) in [5, 5.41) is 4.36. The minimum Gasteiger partial charge on any atom is -0.494 e. The van der Waals surface area contributed by atoms with E-state index in [0.29, 0.717) is 17.4 Å². The fourth-order valence-electron chi connectivity index (χ4n) is 3.87. The first-order valence-electron chi connectivity index (χ1n) is 9.66. The number of benzene rings is 1. The maximum atomic E-state index is 13.9. The van der Waals surface area contributed by atoms with Crippen molar-refractivity contribution in [2.24, 2.45) is 0 Å². The van der Waals surface area contributed by atoms with Gasteiger partial charge in [0.1, 0.15) is 5.82 Å². The van der Waals surface area contributed by atoms with Crippen LogP contribution in [0, 0.1) is 5.82 Å². The molecule has 0 amide bonds. The van der Waals surface area contributed by atoms with Gasteiger partial charge in [-0.3, -0.25) is 0 Å². The van der Waals surface area contributed by atoms with Crippen LogP contribution in [0.1, 0.15) is 38.2 Å². The Balaban J connectivity index is 1.65. The Hall–Kier alpha value is -2.90. The summed E-state index contributed by atoms with van der Waals surface area (Å²) in [6.45, 7) is 3.33. The number of fused-ring (bicyclic) bond motifs is 1. The number of anilines is 1. The van der Waals surface area contributed by atoms with Gasteiger partial charge < -0.3 is 9.64 Å². The number of halogens is 1. The molecule has 0 saturated carbocycles. The highest BCUT2D eigenvalue weighted by molar-refractivity contribution is 5.45. The Morgan fingerprint density at radius 1 is 1.29 bits per heavy atom. The van der Waals surface area contributed by atoms with Crippen LogP contribution in [0.5, 0.6) is 5.75 Å². The van der Waals surface area contributed by atoms with E-state index in [4.69, 9.17) is 4.74 Å². The minimum atomic E-state index is -0.465. The predicted octanol–water partition coefficient (Wildman–Crippen LogP) is 2.86. The van der Waals surface area contributed by atoms with Gasteiger partial charge in [-0.05, 0) is 49.4 Å². The van der Waals surface area contributed by atoms with E-state index >= 15 is 0 Å². The molecule has 0 bridgehead atoms. The first-order valence-corrected chi connectivity index (χ1v) is 9.66. The average molecular weight is 385 g/mol. The molecule has 3 heterocycles. The first kappa shape index (κ1) is 18.5. The van der Waals surface area contributed by atoms with Crippen molar-refractivity contribution in [1.29, 1.82) is 0 Å². The number of ether oxygens (including phenoxy) is 1. The van der Waals surface area contributed by atoms with Gasteiger partial charge in [-0.2, -0.15) is 4.98 Å². The molecule has 8 heteroatoms. The highest BCUT2D eigenvalue weighted by atomic mass is 19.1. The fraction of sp³-hybridized carbons (Fsp3) is 0.450. The third-order valence-corrected chi connectivity index (χ3v) is 5.38. The van der Waals surface area contributed by atoms with Gasteiger partial charge in [0.2, 0.25) is 0 Å². The van der Waals surface area contributed by atoms with Crippen molar-refractivity contribution in [2.45, 2.75) is 45.2 Å². The van der Waals surface area contributed by atoms with Crippen LogP contribution in [0.4, 0.5) is 10.2 Å². The lowest BCUT2D eigenvalue weighted by atomic mass is 10.0. The van der Waals surface area contributed by atoms with Crippen molar-refractivity contribution >= 4 is 11.6 Å². The van der Waals surface area contributed by atoms with E-state index in [2.05, 4.69) is 21.9 Å². The van der Waals surface area contributed by atoms with Gasteiger partial charge in [0, 0.05) is 18.8 Å². The third kappa shape index (κ3) is 3.34. The van der Waals surface area contributed by atoms with Gasteiger partial charge in [-0.15, -0.1) is 5.10 Å². The molecule has 0 spiro atoms. The summed E-state index contributed by atoms with van der Waals surface area (Å²) in [7, 11) is 1.42. The zero-order valence-electron chi connectivity index (χ0n) is 16.1. The topological polar surface area (TPSA) is 64.7 Å². The molecular formula is C20H24FN5O2. The second-order valence-corrected chi connectivity index (χ2v) is 7.12. The second kappa shape index (κ2) is 7.61. The van der Waals surface area contributed by atoms with Gasteiger partial charge in [0.05, 0.1) is 13.7 Å². The minimum absolute atomic E-state index is 0.166. The lowest BCUT2D eigenvalue weighted by molar-refractivity contribution is 0.386. The van der Waals surface area contributed by atoms with Crippen molar-refractivity contribution in [3.63, 3.8) is 0 Å². The standard InChI is InChI=1S/C20H24FN5O2/c1-3-15-6-4-5-10-24(15)18-9-11-25-19(22-18)23-26(20(25)27)13-14-7-8-17(28-2)16(21)12-14/h7-9,11-12,15H,3-6,10,13H2,1-2H3. The van der Waals surface area contributed by atoms with Crippen LogP contribution in [-0.2, 0) is 6.54 Å². The third-order valence-electron chi connectivity index (χ3n) is 5.38. The van der Waals surface area contributed by atoms with Crippen LogP contribution in [-0.4, -0.2) is 38.9 Å². The van der Waals surface area contributed by atoms with E-state index in [1.165, 1.54) is 28.7 Å². The molecule has 1 aliphatic heterocycles. The number of nitrogens with zero attached hydrogens (tertiary/aromatic N) is 5. The largest absolute Gasteiger partial charge is 0.494 e. The Labute approximate surface area is 162 Å². The number of hydrogen-bond acceptors (Lipinski definition) is 5. The van der Waals surface area contributed by atoms with Crippen LogP contribution >= 0.6 is 0 Å². The highest BCUT2D eigenvalue weighted by Crippen LogP contribution is 2.25. The van der Waals surface area contributed by atoms with E-state index in [-0.39, 0.29) is 18.0 Å². The average Bonchev–Trinajstić information content (AvgIpc) is 3.03. The quantitative estimate of drug-likeness (QED) is 0.676. The molecule has 3 aromatic rings. The van der Waals surface area contributed by atoms with Crippen LogP contribution in [0.15, 0.2) is 35.3 Å². The van der Waals surface area contributed by atoms with Crippen LogP contribution in [0.25, 0.3) is 5.78 Å². The summed E-state index contributed by atoms with van der Waals surface area (Å²) >= 11 is 0. The molecule has 1 saturated heterocycles. The van der Waals surface area contributed by atoms with Crippen molar-refractivity contribution in [2.75, 3.05) is 18.6 Å². The maximum absolute atomic E-state index is 13.9. The molecule has 1 unspecified atom stereocenters. The summed E-state index contributed by atoms with van der Waals surface area (Å²) in [5.74, 6) is 0.918. The van der Waals surface area contributed by atoms with Crippen LogP contribution in [0.2, 0.25) is 0 Å². The SMILES string of the molecule is CCC1CCCCN1c1ccn2c(=O)n(Cc3ccc(OC)c(F)c3)nc2n1. The normalized spacial score (nSPS) is 17.2. The molecule has 2 aromatic heterocycles. The molecule has 1 aromatic carbocycles. The molecule has 1 fully saturated rings. The molecule has 7 nitrogen and oxygen atoms in total. The monoisotopic (exact) mass is 385 g/mol. The summed E-state index contributed by atoms with van der Waals surface area (Å²) in [6.07, 6.45) is 6.33. The fourth-order valence-corrected chi connectivity index (χ4v) is 3.87. The molecular weight excluding hydrogens is 361 g/mol. The Morgan fingerprint density at radius 2 is 2.14 bits per heavy atom. The zero-order chi connectivity index (χ0) is 19.7. The van der Waals surface area contributed by atoms with E-state index < -0.39 is 5.82 Å². The molecule has 0 radical (unpaired) electrons. The van der Waals surface area contributed by atoms with Crippen molar-refractivity contribution in [3.8, 4) is 5.75 Å². The van der Waals surface area contributed by atoms with Crippen LogP contribution in [0.3, 0.4) is 0 Å². The molecule has 28 heavy (non-hydrogen) atoms. The van der Waals surface area contributed by atoms with E-state index in [1.807, 2.05) is 6.07 Å². The number of rotatable bonds is 5. The van der Waals surface area contributed by atoms with Crippen molar-refractivity contribution < 1.29 is 9.13 Å². The summed E-state index contributed by atoms with van der Waals surface area (Å²) in [6, 6.07) is 6.97. The number of methoxy groups -OCH3 is 1. The van der Waals surface area contributed by atoms with Gasteiger partial charge in [0.15, 0.2) is 11.6 Å². The lowest BCUT2D eigenvalue weighted by Gasteiger charge is -2.36. The second-order valence-electron chi connectivity index (χ2n) is 7.12. The Morgan fingerprint density at radius 3 is 2.89 bits per heavy atom. The van der Waals surface area contributed by atoms with Gasteiger partial charge in [0.25, 0.3) is 5.78 Å². The summed E-state index contributed by atoms with van der Waals surface area (Å²) in [4.78, 5) is 19.6. The van der Waals surface area contributed by atoms with Crippen LogP contribution < -0.4 is 15.3 Å². The molecule has 4 rings (SSSR count). The predicted molar refractivity (Wildman–Crippen MR) is 105 cm³/mol. The highest BCUT2D eigenvalue weighted by Gasteiger charge is 2.23. The Bertz CT molecular complexity index is 1040. The maximum Gasteiger partial charge on any atom is 0.351 e. The number of hydrogen-bond donors (Lipinski definition) is 0. The molecule has 1 atom stereocenters. The van der Waals surface area contributed by atoms with E-state index in [0.717, 1.165) is 31.6 Å². The molecule has 0 N–H and O–H groups in total. The molecule has 1 aliphatic rings. The van der Waals surface area contributed by atoms with Gasteiger partial charge >= 0.3 is 5.69 Å². The summed E-state index contributed by atoms with van der Waals surface area (Å²) in [5.41, 5.74) is 0.335. The van der Waals surface area contributed by atoms with Gasteiger partial charge in [-0.25, -0.2) is 18.3 Å². The van der Waals surface area contributed by atoms with Gasteiger partial charge in [-0.1, -0.05) is 13.0 Å². The molecule has 0 aliphatic carbocycles. The van der Waals surface area contributed by atoms with Crippen molar-refractivity contribution in [1.82, 2.24) is 19.2 Å². The Kier molecular flexibility index (Phi) is 5.02. The lowest BCUT2D eigenvalue weighted by Crippen LogP contribution is -2.39. The summed E-state index contributed by atoms with van der Waals surface area (Å²) < 4.78 is 21.6. The smallest absolute Gasteiger partial charge is 0.351 e. The van der Waals surface area contributed by atoms with Crippen molar-refractivity contribution in [3.05, 3.63) is 52.3 Å². The van der Waals surface area contributed by atoms with E-state index in [9.17, 15) is 9.18 Å². The zero-order valence-corrected chi connectivity index (χ0v) is 16.1. The number of aromatic nitrogens is 4.